The Bertz CT molecular complexity index is 445. The predicted molar refractivity (Wildman–Crippen MR) is 85.7 cm³/mol. The van der Waals surface area contributed by atoms with Gasteiger partial charge in [-0.25, -0.2) is 0 Å². The molecule has 5 heteroatoms. The van der Waals surface area contributed by atoms with Crippen LogP contribution in [0, 0.1) is 0 Å². The van der Waals surface area contributed by atoms with Gasteiger partial charge in [0.25, 0.3) is 5.91 Å². The highest BCUT2D eigenvalue weighted by Gasteiger charge is 2.04. The van der Waals surface area contributed by atoms with Gasteiger partial charge in [0.05, 0.1) is 7.11 Å². The third-order valence-corrected chi connectivity index (χ3v) is 3.92. The van der Waals surface area contributed by atoms with E-state index in [2.05, 4.69) is 10.1 Å². The quantitative estimate of drug-likeness (QED) is 0.432. The average molecular weight is 309 g/mol. The summed E-state index contributed by atoms with van der Waals surface area (Å²) in [5, 5.41) is 2.91. The summed E-state index contributed by atoms with van der Waals surface area (Å²) in [4.78, 5) is 23.9. The molecular weight excluding hydrogens is 286 g/mol. The minimum Gasteiger partial charge on any atom is -0.469 e. The van der Waals surface area contributed by atoms with Crippen LogP contribution in [-0.4, -0.2) is 31.8 Å². The summed E-state index contributed by atoms with van der Waals surface area (Å²) in [6.45, 7) is 0.668. The number of carbonyl (C=O) groups is 2. The van der Waals surface area contributed by atoms with Crippen LogP contribution in [-0.2, 0) is 9.53 Å². The smallest absolute Gasteiger partial charge is 0.305 e. The first kappa shape index (κ1) is 17.6. The van der Waals surface area contributed by atoms with Gasteiger partial charge in [0, 0.05) is 23.4 Å². The number of ether oxygens (including phenoxy) is 1. The van der Waals surface area contributed by atoms with Crippen molar-refractivity contribution in [3.05, 3.63) is 29.8 Å². The van der Waals surface area contributed by atoms with E-state index in [0.29, 0.717) is 18.5 Å². The van der Waals surface area contributed by atoms with Crippen LogP contribution in [0.15, 0.2) is 29.2 Å². The number of carbonyl (C=O) groups excluding carboxylic acids is 2. The van der Waals surface area contributed by atoms with E-state index >= 15 is 0 Å². The summed E-state index contributed by atoms with van der Waals surface area (Å²) in [7, 11) is 1.41. The Kier molecular flexibility index (Phi) is 8.59. The van der Waals surface area contributed by atoms with Crippen molar-refractivity contribution in [3.8, 4) is 0 Å². The number of nitrogens with one attached hydrogen (secondary N) is 1. The van der Waals surface area contributed by atoms with Crippen LogP contribution in [0.25, 0.3) is 0 Å². The number of methoxy groups -OCH3 is 1. The Labute approximate surface area is 130 Å². The molecule has 0 aliphatic heterocycles. The fourth-order valence-electron chi connectivity index (χ4n) is 1.90. The number of hydrogen-bond donors (Lipinski definition) is 1. The molecule has 0 saturated carbocycles. The summed E-state index contributed by atoms with van der Waals surface area (Å²) in [5.74, 6) is -0.186. The molecule has 0 atom stereocenters. The minimum absolute atomic E-state index is 0.0304. The zero-order valence-electron chi connectivity index (χ0n) is 12.7. The molecule has 0 aliphatic rings. The largest absolute Gasteiger partial charge is 0.469 e. The van der Waals surface area contributed by atoms with Gasteiger partial charge in [-0.05, 0) is 43.4 Å². The lowest BCUT2D eigenvalue weighted by Gasteiger charge is -2.06. The van der Waals surface area contributed by atoms with Gasteiger partial charge in [0.15, 0.2) is 0 Å². The second kappa shape index (κ2) is 10.3. The van der Waals surface area contributed by atoms with Gasteiger partial charge >= 0.3 is 5.97 Å². The third-order valence-electron chi connectivity index (χ3n) is 3.17. The van der Waals surface area contributed by atoms with Crippen LogP contribution in [0.4, 0.5) is 0 Å². The van der Waals surface area contributed by atoms with Crippen molar-refractivity contribution in [3.63, 3.8) is 0 Å². The molecule has 0 aromatic heterocycles. The van der Waals surface area contributed by atoms with E-state index in [4.69, 9.17) is 0 Å². The lowest BCUT2D eigenvalue weighted by Crippen LogP contribution is -2.24. The van der Waals surface area contributed by atoms with Crippen molar-refractivity contribution >= 4 is 23.6 Å². The standard InChI is InChI=1S/C16H23NO3S/c1-20-15(18)7-5-3-4-6-12-17-16(19)13-8-10-14(21-2)11-9-13/h8-11H,3-7,12H2,1-2H3,(H,17,19). The van der Waals surface area contributed by atoms with Gasteiger partial charge in [0.2, 0.25) is 0 Å². The Morgan fingerprint density at radius 2 is 1.76 bits per heavy atom. The molecule has 1 aromatic rings. The number of unbranched alkanes of at least 4 members (excludes halogenated alkanes) is 3. The molecule has 0 heterocycles. The number of rotatable bonds is 9. The van der Waals surface area contributed by atoms with Crippen LogP contribution in [0.5, 0.6) is 0 Å². The minimum atomic E-state index is -0.156. The molecular formula is C16H23NO3S. The fraction of sp³-hybridized carbons (Fsp3) is 0.500. The maximum Gasteiger partial charge on any atom is 0.305 e. The number of esters is 1. The van der Waals surface area contributed by atoms with Crippen molar-refractivity contribution < 1.29 is 14.3 Å². The van der Waals surface area contributed by atoms with E-state index in [-0.39, 0.29) is 11.9 Å². The highest BCUT2D eigenvalue weighted by Crippen LogP contribution is 2.14. The molecule has 1 amide bonds. The second-order valence-electron chi connectivity index (χ2n) is 4.72. The molecule has 1 N–H and O–H groups in total. The highest BCUT2D eigenvalue weighted by molar-refractivity contribution is 7.98. The Hall–Kier alpha value is -1.49. The average Bonchev–Trinajstić information content (AvgIpc) is 2.53. The zero-order chi connectivity index (χ0) is 15.5. The van der Waals surface area contributed by atoms with Gasteiger partial charge in [-0.1, -0.05) is 12.8 Å². The molecule has 1 rings (SSSR count). The van der Waals surface area contributed by atoms with E-state index in [1.807, 2.05) is 30.5 Å². The molecule has 0 aliphatic carbocycles. The molecule has 0 fully saturated rings. The zero-order valence-corrected chi connectivity index (χ0v) is 13.5. The number of thioether (sulfide) groups is 1. The molecule has 4 nitrogen and oxygen atoms in total. The Morgan fingerprint density at radius 1 is 1.10 bits per heavy atom. The fourth-order valence-corrected chi connectivity index (χ4v) is 2.30. The van der Waals surface area contributed by atoms with Gasteiger partial charge in [-0.3, -0.25) is 9.59 Å². The molecule has 0 bridgehead atoms. The van der Waals surface area contributed by atoms with Crippen LogP contribution >= 0.6 is 11.8 Å². The lowest BCUT2D eigenvalue weighted by molar-refractivity contribution is -0.140. The first-order valence-electron chi connectivity index (χ1n) is 7.16. The summed E-state index contributed by atoms with van der Waals surface area (Å²) in [5.41, 5.74) is 0.693. The molecule has 0 unspecified atom stereocenters. The van der Waals surface area contributed by atoms with Crippen LogP contribution < -0.4 is 5.32 Å². The van der Waals surface area contributed by atoms with Crippen LogP contribution in [0.1, 0.15) is 42.5 Å². The summed E-state index contributed by atoms with van der Waals surface area (Å²) in [6.07, 6.45) is 6.24. The number of benzene rings is 1. The van der Waals surface area contributed by atoms with Crippen LogP contribution in [0.2, 0.25) is 0 Å². The second-order valence-corrected chi connectivity index (χ2v) is 5.60. The van der Waals surface area contributed by atoms with E-state index in [1.165, 1.54) is 7.11 Å². The lowest BCUT2D eigenvalue weighted by atomic mass is 10.1. The monoisotopic (exact) mass is 309 g/mol. The van der Waals surface area contributed by atoms with Crippen molar-refractivity contribution in [1.82, 2.24) is 5.32 Å². The van der Waals surface area contributed by atoms with E-state index in [1.54, 1.807) is 11.8 Å². The molecule has 21 heavy (non-hydrogen) atoms. The van der Waals surface area contributed by atoms with Gasteiger partial charge in [-0.15, -0.1) is 11.8 Å². The summed E-state index contributed by atoms with van der Waals surface area (Å²) >= 11 is 1.66. The van der Waals surface area contributed by atoms with Gasteiger partial charge in [0.1, 0.15) is 0 Å². The van der Waals surface area contributed by atoms with Crippen molar-refractivity contribution in [2.45, 2.75) is 37.0 Å². The first-order chi connectivity index (χ1) is 10.2. The third kappa shape index (κ3) is 7.18. The highest BCUT2D eigenvalue weighted by atomic mass is 32.2. The topological polar surface area (TPSA) is 55.4 Å². The summed E-state index contributed by atoms with van der Waals surface area (Å²) in [6, 6.07) is 7.59. The maximum atomic E-state index is 11.9. The van der Waals surface area contributed by atoms with E-state index < -0.39 is 0 Å². The van der Waals surface area contributed by atoms with Gasteiger partial charge < -0.3 is 10.1 Å². The van der Waals surface area contributed by atoms with Crippen LogP contribution in [0.3, 0.4) is 0 Å². The molecule has 0 saturated heterocycles. The SMILES string of the molecule is COC(=O)CCCCCCNC(=O)c1ccc(SC)cc1. The normalized spacial score (nSPS) is 10.2. The van der Waals surface area contributed by atoms with Gasteiger partial charge in [-0.2, -0.15) is 0 Å². The molecule has 116 valence electrons. The van der Waals surface area contributed by atoms with Crippen molar-refractivity contribution in [2.24, 2.45) is 0 Å². The molecule has 0 radical (unpaired) electrons. The maximum absolute atomic E-state index is 11.9. The molecule has 1 aromatic carbocycles. The predicted octanol–water partition coefficient (Wildman–Crippen LogP) is 3.26. The number of hydrogen-bond acceptors (Lipinski definition) is 4. The Morgan fingerprint density at radius 3 is 2.38 bits per heavy atom. The first-order valence-corrected chi connectivity index (χ1v) is 8.39. The van der Waals surface area contributed by atoms with Crippen molar-refractivity contribution in [2.75, 3.05) is 19.9 Å². The Balaban J connectivity index is 2.11. The van der Waals surface area contributed by atoms with E-state index in [9.17, 15) is 9.59 Å². The van der Waals surface area contributed by atoms with Crippen molar-refractivity contribution in [1.29, 1.82) is 0 Å². The summed E-state index contributed by atoms with van der Waals surface area (Å²) < 4.78 is 4.58. The van der Waals surface area contributed by atoms with E-state index in [0.717, 1.165) is 30.6 Å². The molecule has 0 spiro atoms. The number of amides is 1.